The molecule has 33 heavy (non-hydrogen) atoms. The molecule has 1 saturated carbocycles. The minimum Gasteiger partial charge on any atom is -0.447 e. The van der Waals surface area contributed by atoms with Crippen LogP contribution in [0.25, 0.3) is 22.2 Å². The van der Waals surface area contributed by atoms with Crippen molar-refractivity contribution in [2.75, 3.05) is 29.0 Å². The van der Waals surface area contributed by atoms with Crippen LogP contribution in [0.3, 0.4) is 0 Å². The first-order valence-corrected chi connectivity index (χ1v) is 12.3. The highest BCUT2D eigenvalue weighted by Crippen LogP contribution is 2.45. The van der Waals surface area contributed by atoms with E-state index in [1.165, 1.54) is 49.7 Å². The molecular formula is C27H34N4O2. The minimum atomic E-state index is -0.439. The second-order valence-electron chi connectivity index (χ2n) is 9.62. The summed E-state index contributed by atoms with van der Waals surface area (Å²) in [7, 11) is 0. The molecule has 1 aromatic heterocycles. The largest absolute Gasteiger partial charge is 0.447 e. The zero-order valence-electron chi connectivity index (χ0n) is 19.6. The predicted molar refractivity (Wildman–Crippen MR) is 136 cm³/mol. The van der Waals surface area contributed by atoms with E-state index in [9.17, 15) is 4.79 Å². The van der Waals surface area contributed by atoms with Crippen LogP contribution >= 0.6 is 0 Å². The zero-order valence-corrected chi connectivity index (χ0v) is 19.6. The summed E-state index contributed by atoms with van der Waals surface area (Å²) in [5.74, 6) is 0. The van der Waals surface area contributed by atoms with E-state index < -0.39 is 6.09 Å². The molecule has 2 aliphatic rings. The Bertz CT molecular complexity index is 1140. The average Bonchev–Trinajstić information content (AvgIpc) is 3.05. The van der Waals surface area contributed by atoms with Gasteiger partial charge in [-0.2, -0.15) is 0 Å². The maximum atomic E-state index is 11.9. The van der Waals surface area contributed by atoms with E-state index in [2.05, 4.69) is 33.0 Å². The van der Waals surface area contributed by atoms with E-state index in [1.54, 1.807) is 0 Å². The number of nitrogens with two attached hydrogens (primary N) is 1. The Morgan fingerprint density at radius 3 is 2.39 bits per heavy atom. The molecule has 1 aliphatic heterocycles. The first-order valence-electron chi connectivity index (χ1n) is 12.3. The fourth-order valence-electron chi connectivity index (χ4n) is 5.07. The van der Waals surface area contributed by atoms with Gasteiger partial charge in [-0.25, -0.2) is 4.79 Å². The average molecular weight is 447 g/mol. The lowest BCUT2D eigenvalue weighted by Gasteiger charge is -2.31. The van der Waals surface area contributed by atoms with E-state index >= 15 is 0 Å². The van der Waals surface area contributed by atoms with Gasteiger partial charge in [-0.3, -0.25) is 5.32 Å². The topological polar surface area (TPSA) is 72.5 Å². The number of nitrogen functional groups attached to an aromatic ring is 1. The van der Waals surface area contributed by atoms with E-state index in [4.69, 9.17) is 10.5 Å². The Kier molecular flexibility index (Phi) is 5.92. The number of nitrogens with one attached hydrogen (secondary N) is 1. The molecule has 0 bridgehead atoms. The first kappa shape index (κ1) is 21.7. The van der Waals surface area contributed by atoms with E-state index in [0.29, 0.717) is 11.7 Å². The Balaban J connectivity index is 1.52. The second kappa shape index (κ2) is 9.00. The lowest BCUT2D eigenvalue weighted by Crippen LogP contribution is -2.29. The number of anilines is 3. The summed E-state index contributed by atoms with van der Waals surface area (Å²) in [5.41, 5.74) is 13.0. The molecule has 2 fully saturated rings. The molecule has 2 aromatic carbocycles. The number of ether oxygens (including phenoxy) is 1. The first-order chi connectivity index (χ1) is 16.0. The highest BCUT2D eigenvalue weighted by Gasteiger charge is 2.27. The zero-order chi connectivity index (χ0) is 22.9. The van der Waals surface area contributed by atoms with Crippen LogP contribution in [0.1, 0.15) is 58.4 Å². The highest BCUT2D eigenvalue weighted by molar-refractivity contribution is 6.02. The molecular weight excluding hydrogens is 412 g/mol. The van der Waals surface area contributed by atoms with Crippen molar-refractivity contribution in [2.24, 2.45) is 0 Å². The van der Waals surface area contributed by atoms with Gasteiger partial charge in [0.25, 0.3) is 0 Å². The van der Waals surface area contributed by atoms with Crippen LogP contribution in [0.2, 0.25) is 0 Å². The lowest BCUT2D eigenvalue weighted by molar-refractivity contribution is 0.130. The number of carbonyl (C=O) groups is 1. The number of benzene rings is 2. The monoisotopic (exact) mass is 446 g/mol. The van der Waals surface area contributed by atoms with E-state index in [1.807, 2.05) is 38.1 Å². The minimum absolute atomic E-state index is 0.155. The van der Waals surface area contributed by atoms with Gasteiger partial charge in [0.05, 0.1) is 23.0 Å². The number of amides is 1. The number of hydrogen-bond donors (Lipinski definition) is 2. The standard InChI is InChI=1S/C27H34N4O2/c1-18(2)33-27(32)29-20-11-9-19(10-12-20)26-25(28)23-14-13-22(30-15-4-3-5-16-30)17-24(23)31(26)21-7-6-8-21/h9-14,17-18,21H,3-8,15-16,28H2,1-2H3,(H,29,32). The van der Waals surface area contributed by atoms with E-state index in [-0.39, 0.29) is 6.10 Å². The van der Waals surface area contributed by atoms with Gasteiger partial charge in [0.15, 0.2) is 0 Å². The molecule has 3 N–H and O–H groups in total. The number of nitrogens with zero attached hydrogens (tertiary/aromatic N) is 2. The van der Waals surface area contributed by atoms with Crippen molar-refractivity contribution in [2.45, 2.75) is 64.5 Å². The summed E-state index contributed by atoms with van der Waals surface area (Å²) >= 11 is 0. The fraction of sp³-hybridized carbons (Fsp3) is 0.444. The Hall–Kier alpha value is -3.15. The van der Waals surface area contributed by atoms with Crippen molar-refractivity contribution in [3.8, 4) is 11.3 Å². The lowest BCUT2D eigenvalue weighted by atomic mass is 9.92. The van der Waals surface area contributed by atoms with Crippen molar-refractivity contribution in [1.82, 2.24) is 4.57 Å². The van der Waals surface area contributed by atoms with Crippen molar-refractivity contribution in [1.29, 1.82) is 0 Å². The van der Waals surface area contributed by atoms with Crippen molar-refractivity contribution in [3.63, 3.8) is 0 Å². The third-order valence-corrected chi connectivity index (χ3v) is 6.94. The molecule has 6 nitrogen and oxygen atoms in total. The molecule has 3 aromatic rings. The molecule has 0 radical (unpaired) electrons. The van der Waals surface area contributed by atoms with Gasteiger partial charge in [0.2, 0.25) is 0 Å². The van der Waals surface area contributed by atoms with E-state index in [0.717, 1.165) is 35.4 Å². The number of fused-ring (bicyclic) bond motifs is 1. The van der Waals surface area contributed by atoms with Gasteiger partial charge in [-0.05, 0) is 82.7 Å². The molecule has 1 amide bonds. The van der Waals surface area contributed by atoms with Crippen molar-refractivity contribution in [3.05, 3.63) is 42.5 Å². The van der Waals surface area contributed by atoms with Gasteiger partial charge < -0.3 is 19.9 Å². The molecule has 174 valence electrons. The molecule has 0 spiro atoms. The number of rotatable bonds is 5. The predicted octanol–water partition coefficient (Wildman–Crippen LogP) is 6.56. The van der Waals surface area contributed by atoms with Crippen LogP contribution in [0.4, 0.5) is 21.9 Å². The Morgan fingerprint density at radius 2 is 1.76 bits per heavy atom. The maximum Gasteiger partial charge on any atom is 0.411 e. The smallest absolute Gasteiger partial charge is 0.411 e. The quantitative estimate of drug-likeness (QED) is 0.465. The maximum absolute atomic E-state index is 11.9. The number of hydrogen-bond acceptors (Lipinski definition) is 4. The van der Waals surface area contributed by atoms with Crippen LogP contribution in [0, 0.1) is 0 Å². The Labute approximate surface area is 195 Å². The van der Waals surface area contributed by atoms with Gasteiger partial charge in [-0.15, -0.1) is 0 Å². The molecule has 5 rings (SSSR count). The molecule has 2 heterocycles. The van der Waals surface area contributed by atoms with Crippen molar-refractivity contribution < 1.29 is 9.53 Å². The molecule has 0 unspecified atom stereocenters. The summed E-state index contributed by atoms with van der Waals surface area (Å²) in [6, 6.07) is 15.2. The number of aromatic nitrogens is 1. The summed E-state index contributed by atoms with van der Waals surface area (Å²) in [6.45, 7) is 5.93. The fourth-order valence-corrected chi connectivity index (χ4v) is 5.07. The summed E-state index contributed by atoms with van der Waals surface area (Å²) in [6.07, 6.45) is 6.89. The van der Waals surface area contributed by atoms with Gasteiger partial charge >= 0.3 is 6.09 Å². The highest BCUT2D eigenvalue weighted by atomic mass is 16.6. The van der Waals surface area contributed by atoms with Crippen LogP contribution in [0.5, 0.6) is 0 Å². The number of piperidine rings is 1. The summed E-state index contributed by atoms with van der Waals surface area (Å²) in [5, 5.41) is 3.92. The number of carbonyl (C=O) groups excluding carboxylic acids is 1. The molecule has 1 aliphatic carbocycles. The normalized spacial score (nSPS) is 16.8. The molecule has 0 atom stereocenters. The Morgan fingerprint density at radius 1 is 1.03 bits per heavy atom. The summed E-state index contributed by atoms with van der Waals surface area (Å²) in [4.78, 5) is 14.4. The third kappa shape index (κ3) is 4.26. The SMILES string of the molecule is CC(C)OC(=O)Nc1ccc(-c2c(N)c3ccc(N4CCCCC4)cc3n2C2CCC2)cc1. The van der Waals surface area contributed by atoms with Crippen LogP contribution < -0.4 is 16.0 Å². The molecule has 6 heteroatoms. The van der Waals surface area contributed by atoms with Crippen LogP contribution in [-0.2, 0) is 4.74 Å². The second-order valence-corrected chi connectivity index (χ2v) is 9.62. The van der Waals surface area contributed by atoms with Crippen LogP contribution in [-0.4, -0.2) is 29.9 Å². The molecule has 1 saturated heterocycles. The van der Waals surface area contributed by atoms with Gasteiger partial charge in [0.1, 0.15) is 0 Å². The van der Waals surface area contributed by atoms with Gasteiger partial charge in [0, 0.05) is 41.5 Å². The van der Waals surface area contributed by atoms with Crippen LogP contribution in [0.15, 0.2) is 42.5 Å². The van der Waals surface area contributed by atoms with Gasteiger partial charge in [-0.1, -0.05) is 12.1 Å². The third-order valence-electron chi connectivity index (χ3n) is 6.94. The van der Waals surface area contributed by atoms with Crippen molar-refractivity contribution >= 4 is 34.1 Å². The summed E-state index contributed by atoms with van der Waals surface area (Å²) < 4.78 is 7.65.